The summed E-state index contributed by atoms with van der Waals surface area (Å²) in [5.74, 6) is -1.11. The number of hydrogen-bond donors (Lipinski definition) is 4. The normalized spacial score (nSPS) is 12.3. The van der Waals surface area contributed by atoms with Crippen molar-refractivity contribution in [3.8, 4) is 0 Å². The van der Waals surface area contributed by atoms with Crippen molar-refractivity contribution in [3.05, 3.63) is 35.9 Å². The second-order valence-corrected chi connectivity index (χ2v) is 8.94. The lowest BCUT2D eigenvalue weighted by atomic mass is 10.0. The third-order valence-electron chi connectivity index (χ3n) is 5.37. The molecule has 0 aliphatic heterocycles. The molecule has 4 N–H and O–H groups in total. The summed E-state index contributed by atoms with van der Waals surface area (Å²) in [4.78, 5) is 53.9. The summed E-state index contributed by atoms with van der Waals surface area (Å²) >= 11 is 0. The number of benzene rings is 1. The van der Waals surface area contributed by atoms with Crippen LogP contribution in [-0.4, -0.2) is 62.1 Å². The van der Waals surface area contributed by atoms with Gasteiger partial charge in [-0.15, -0.1) is 0 Å². The molecule has 2 unspecified atom stereocenters. The summed E-state index contributed by atoms with van der Waals surface area (Å²) in [7, 11) is 0. The Hall–Kier alpha value is -3.23. The van der Waals surface area contributed by atoms with Gasteiger partial charge in [-0.05, 0) is 50.3 Å². The lowest BCUT2D eigenvalue weighted by molar-refractivity contribution is -0.133. The molecule has 0 heterocycles. The third kappa shape index (κ3) is 13.3. The van der Waals surface area contributed by atoms with E-state index < -0.39 is 23.9 Å². The summed E-state index contributed by atoms with van der Waals surface area (Å²) in [5.41, 5.74) is 1.04. The van der Waals surface area contributed by atoms with Crippen LogP contribution in [0, 0.1) is 5.92 Å². The Morgan fingerprint density at radius 3 is 2.20 bits per heavy atom. The Balaban J connectivity index is 2.87. The lowest BCUT2D eigenvalue weighted by Crippen LogP contribution is -2.54. The Morgan fingerprint density at radius 2 is 1.57 bits per heavy atom. The monoisotopic (exact) mass is 487 g/mol. The van der Waals surface area contributed by atoms with Crippen molar-refractivity contribution in [1.82, 2.24) is 21.3 Å². The highest BCUT2D eigenvalue weighted by Gasteiger charge is 2.27. The Labute approximate surface area is 208 Å². The van der Waals surface area contributed by atoms with Gasteiger partial charge in [0.2, 0.25) is 23.6 Å². The fraction of sp³-hybridized carbons (Fsp3) is 0.577. The Bertz CT molecular complexity index is 813. The minimum Gasteiger partial charge on any atom is -0.355 e. The molecule has 0 bridgehead atoms. The van der Waals surface area contributed by atoms with Crippen molar-refractivity contribution in [2.24, 2.45) is 10.9 Å². The first-order valence-corrected chi connectivity index (χ1v) is 12.4. The molecule has 1 aromatic carbocycles. The molecule has 0 saturated carbocycles. The van der Waals surface area contributed by atoms with Crippen LogP contribution in [-0.2, 0) is 25.6 Å². The van der Waals surface area contributed by atoms with Gasteiger partial charge in [-0.1, -0.05) is 51.1 Å². The number of hydrogen-bond acceptors (Lipinski definition) is 5. The van der Waals surface area contributed by atoms with E-state index >= 15 is 0 Å². The van der Waals surface area contributed by atoms with Crippen LogP contribution in [0.25, 0.3) is 0 Å². The number of nitrogens with one attached hydrogen (secondary N) is 4. The molecule has 0 aliphatic carbocycles. The second kappa shape index (κ2) is 17.2. The van der Waals surface area contributed by atoms with E-state index in [0.29, 0.717) is 38.1 Å². The quantitative estimate of drug-likeness (QED) is 0.250. The standard InChI is InChI=1S/C26H41N5O4/c1-5-16-28-24(33)18-29-25(34)21(13-11-19(2)3)31-26(35)22(30-23(32)15-17-27-4)14-12-20-9-7-6-8-10-20/h6-10,19,21-22H,4-5,11-18H2,1-3H3,(H,28,33)(H,29,34)(H,30,32)(H,31,35). The van der Waals surface area contributed by atoms with Gasteiger partial charge in [0.25, 0.3) is 0 Å². The van der Waals surface area contributed by atoms with Crippen molar-refractivity contribution in [1.29, 1.82) is 0 Å². The molecule has 0 aliphatic rings. The SMILES string of the molecule is C=NCCC(=O)NC(CCc1ccccc1)C(=O)NC(CCC(C)C)C(=O)NCC(=O)NCCC. The molecular weight excluding hydrogens is 446 g/mol. The van der Waals surface area contributed by atoms with E-state index in [4.69, 9.17) is 0 Å². The van der Waals surface area contributed by atoms with Crippen LogP contribution in [0.4, 0.5) is 0 Å². The van der Waals surface area contributed by atoms with E-state index in [9.17, 15) is 19.2 Å². The number of amides is 4. The highest BCUT2D eigenvalue weighted by Crippen LogP contribution is 2.10. The van der Waals surface area contributed by atoms with Crippen molar-refractivity contribution < 1.29 is 19.2 Å². The fourth-order valence-electron chi connectivity index (χ4n) is 3.33. The molecule has 35 heavy (non-hydrogen) atoms. The molecule has 0 radical (unpaired) electrons. The largest absolute Gasteiger partial charge is 0.355 e. The van der Waals surface area contributed by atoms with Gasteiger partial charge < -0.3 is 26.3 Å². The van der Waals surface area contributed by atoms with Crippen LogP contribution in [0.2, 0.25) is 0 Å². The van der Waals surface area contributed by atoms with Crippen molar-refractivity contribution >= 4 is 30.3 Å². The molecule has 9 nitrogen and oxygen atoms in total. The topological polar surface area (TPSA) is 129 Å². The summed E-state index contributed by atoms with van der Waals surface area (Å²) < 4.78 is 0. The molecule has 0 fully saturated rings. The van der Waals surface area contributed by atoms with Crippen molar-refractivity contribution in [3.63, 3.8) is 0 Å². The van der Waals surface area contributed by atoms with Crippen LogP contribution in [0.15, 0.2) is 35.3 Å². The van der Waals surface area contributed by atoms with E-state index in [2.05, 4.69) is 33.0 Å². The smallest absolute Gasteiger partial charge is 0.243 e. The van der Waals surface area contributed by atoms with Gasteiger partial charge in [0.05, 0.1) is 6.54 Å². The van der Waals surface area contributed by atoms with Crippen LogP contribution in [0.1, 0.15) is 58.4 Å². The van der Waals surface area contributed by atoms with Crippen molar-refractivity contribution in [2.45, 2.75) is 71.4 Å². The molecule has 9 heteroatoms. The number of aliphatic imine (C=N–C) groups is 1. The van der Waals surface area contributed by atoms with Gasteiger partial charge in [0.1, 0.15) is 12.1 Å². The minimum atomic E-state index is -0.810. The maximum atomic E-state index is 13.2. The molecule has 1 rings (SSSR count). The molecule has 4 amide bonds. The van der Waals surface area contributed by atoms with E-state index in [0.717, 1.165) is 12.0 Å². The zero-order valence-electron chi connectivity index (χ0n) is 21.3. The van der Waals surface area contributed by atoms with Gasteiger partial charge in [-0.3, -0.25) is 19.2 Å². The first-order chi connectivity index (χ1) is 16.8. The van der Waals surface area contributed by atoms with Gasteiger partial charge in [0.15, 0.2) is 0 Å². The predicted molar refractivity (Wildman–Crippen MR) is 138 cm³/mol. The third-order valence-corrected chi connectivity index (χ3v) is 5.37. The van der Waals surface area contributed by atoms with Crippen LogP contribution in [0.5, 0.6) is 0 Å². The minimum absolute atomic E-state index is 0.128. The fourth-order valence-corrected chi connectivity index (χ4v) is 3.33. The first-order valence-electron chi connectivity index (χ1n) is 12.4. The summed E-state index contributed by atoms with van der Waals surface area (Å²) in [6.07, 6.45) is 3.02. The predicted octanol–water partition coefficient (Wildman–Crippen LogP) is 1.76. The Morgan fingerprint density at radius 1 is 0.886 bits per heavy atom. The highest BCUT2D eigenvalue weighted by molar-refractivity contribution is 5.93. The highest BCUT2D eigenvalue weighted by atomic mass is 16.2. The number of aryl methyl sites for hydroxylation is 1. The number of carbonyl (C=O) groups is 4. The molecule has 0 saturated heterocycles. The van der Waals surface area contributed by atoms with E-state index in [1.165, 1.54) is 0 Å². The number of nitrogens with zero attached hydrogens (tertiary/aromatic N) is 1. The molecule has 2 atom stereocenters. The molecular formula is C26H41N5O4. The Kier molecular flexibility index (Phi) is 14.7. The maximum Gasteiger partial charge on any atom is 0.243 e. The van der Waals surface area contributed by atoms with Crippen LogP contribution in [0.3, 0.4) is 0 Å². The van der Waals surface area contributed by atoms with Gasteiger partial charge in [0, 0.05) is 19.5 Å². The summed E-state index contributed by atoms with van der Waals surface area (Å²) in [6, 6.07) is 8.05. The molecule has 1 aromatic rings. The zero-order valence-corrected chi connectivity index (χ0v) is 21.3. The average molecular weight is 488 g/mol. The first kappa shape index (κ1) is 29.8. The lowest BCUT2D eigenvalue weighted by Gasteiger charge is -2.24. The number of carbonyl (C=O) groups excluding carboxylic acids is 4. The molecule has 0 aromatic heterocycles. The maximum absolute atomic E-state index is 13.2. The number of rotatable bonds is 17. The van der Waals surface area contributed by atoms with Crippen LogP contribution >= 0.6 is 0 Å². The molecule has 0 spiro atoms. The van der Waals surface area contributed by atoms with Gasteiger partial charge in [-0.2, -0.15) is 0 Å². The van der Waals surface area contributed by atoms with E-state index in [-0.39, 0.29) is 31.3 Å². The summed E-state index contributed by atoms with van der Waals surface area (Å²) in [6.45, 7) is 10.0. The van der Waals surface area contributed by atoms with Crippen LogP contribution < -0.4 is 21.3 Å². The van der Waals surface area contributed by atoms with E-state index in [1.54, 1.807) is 0 Å². The second-order valence-electron chi connectivity index (χ2n) is 8.94. The average Bonchev–Trinajstić information content (AvgIpc) is 2.85. The zero-order chi connectivity index (χ0) is 26.1. The van der Waals surface area contributed by atoms with Gasteiger partial charge in [-0.25, -0.2) is 0 Å². The van der Waals surface area contributed by atoms with E-state index in [1.807, 2.05) is 51.1 Å². The van der Waals surface area contributed by atoms with Crippen molar-refractivity contribution in [2.75, 3.05) is 19.6 Å². The molecule has 194 valence electrons. The van der Waals surface area contributed by atoms with Gasteiger partial charge >= 0.3 is 0 Å². The summed E-state index contributed by atoms with van der Waals surface area (Å²) in [5, 5.41) is 10.9.